The largest absolute Gasteiger partial charge is 0.480 e. The molecule has 29 heteroatoms. The van der Waals surface area contributed by atoms with Crippen molar-refractivity contribution in [1.82, 2.24) is 30.7 Å². The summed E-state index contributed by atoms with van der Waals surface area (Å²) < 4.78 is 33.7. The third kappa shape index (κ3) is 16.4. The van der Waals surface area contributed by atoms with Gasteiger partial charge in [0.15, 0.2) is 18.9 Å². The normalized spacial score (nSPS) is 31.8. The van der Waals surface area contributed by atoms with Gasteiger partial charge in [0.1, 0.15) is 79.6 Å². The number of aliphatic hydroxyl groups is 9. The maximum Gasteiger partial charge on any atom is 0.323 e. The molecule has 0 bridgehead atoms. The number of nitrogens with zero attached hydrogens (tertiary/aromatic N) is 3. The fourth-order valence-corrected chi connectivity index (χ4v) is 7.30. The molecular weight excluding hydrogens is 908 g/mol. The summed E-state index contributed by atoms with van der Waals surface area (Å²) in [4.78, 5) is 90.9. The molecule has 3 aliphatic rings. The minimum atomic E-state index is -1.71. The van der Waals surface area contributed by atoms with Crippen LogP contribution in [0.5, 0.6) is 0 Å². The van der Waals surface area contributed by atoms with Crippen LogP contribution in [0.1, 0.15) is 27.7 Å². The fourth-order valence-electron chi connectivity index (χ4n) is 7.30. The summed E-state index contributed by atoms with van der Waals surface area (Å²) in [5, 5.41) is 109. The van der Waals surface area contributed by atoms with E-state index in [9.17, 15) is 84.6 Å². The number of hydrogen-bond donors (Lipinski definition) is 13. The van der Waals surface area contributed by atoms with Crippen LogP contribution in [0, 0.1) is 0 Å². The van der Waals surface area contributed by atoms with Crippen molar-refractivity contribution >= 4 is 41.4 Å². The van der Waals surface area contributed by atoms with Crippen molar-refractivity contribution in [3.8, 4) is 0 Å². The van der Waals surface area contributed by atoms with Gasteiger partial charge in [0.05, 0.1) is 52.7 Å². The van der Waals surface area contributed by atoms with E-state index in [4.69, 9.17) is 28.4 Å². The van der Waals surface area contributed by atoms with Crippen LogP contribution in [-0.4, -0.2) is 278 Å². The lowest BCUT2D eigenvalue weighted by molar-refractivity contribution is -0.270. The van der Waals surface area contributed by atoms with Gasteiger partial charge in [-0.05, 0) is 0 Å². The molecule has 13 N–H and O–H groups in total. The van der Waals surface area contributed by atoms with E-state index in [1.165, 1.54) is 0 Å². The Kier molecular flexibility index (Phi) is 23.0. The van der Waals surface area contributed by atoms with Crippen LogP contribution in [0.15, 0.2) is 0 Å². The molecule has 3 rings (SSSR count). The average molecular weight is 973 g/mol. The molecule has 0 radical (unpaired) electrons. The van der Waals surface area contributed by atoms with Gasteiger partial charge in [-0.1, -0.05) is 0 Å². The maximum absolute atomic E-state index is 14.0. The highest BCUT2D eigenvalue weighted by molar-refractivity contribution is 5.89. The fraction of sp³-hybridized carbons (Fsp3) is 0.816. The molecule has 0 aromatic heterocycles. The van der Waals surface area contributed by atoms with E-state index >= 15 is 0 Å². The summed E-state index contributed by atoms with van der Waals surface area (Å²) in [6, 6.07) is -4.10. The molecule has 0 aromatic rings. The summed E-state index contributed by atoms with van der Waals surface area (Å²) in [5.41, 5.74) is 0. The van der Waals surface area contributed by atoms with Crippen LogP contribution in [0.3, 0.4) is 0 Å². The Morgan fingerprint density at radius 3 is 1.01 bits per heavy atom. The molecule has 3 fully saturated rings. The Balaban J connectivity index is 1.84. The molecule has 0 aliphatic carbocycles. The van der Waals surface area contributed by atoms with Crippen molar-refractivity contribution in [2.75, 3.05) is 78.9 Å². The highest BCUT2D eigenvalue weighted by Crippen LogP contribution is 2.25. The topological polar surface area (TPSA) is 423 Å². The van der Waals surface area contributed by atoms with E-state index in [1.54, 1.807) is 0 Å². The van der Waals surface area contributed by atoms with E-state index < -0.39 is 206 Å². The monoisotopic (exact) mass is 972 g/mol. The molecule has 6 amide bonds. The number of nitrogens with one attached hydrogen (secondary N) is 3. The molecule has 0 spiro atoms. The van der Waals surface area contributed by atoms with Crippen LogP contribution in [-0.2, 0) is 62.0 Å². The zero-order valence-electron chi connectivity index (χ0n) is 37.3. The highest BCUT2D eigenvalue weighted by Gasteiger charge is 2.48. The minimum Gasteiger partial charge on any atom is -0.480 e. The van der Waals surface area contributed by atoms with Crippen molar-refractivity contribution in [3.05, 3.63) is 0 Å². The lowest BCUT2D eigenvalue weighted by Crippen LogP contribution is -2.64. The van der Waals surface area contributed by atoms with Crippen molar-refractivity contribution in [2.45, 2.75) is 120 Å². The first-order chi connectivity index (χ1) is 31.5. The van der Waals surface area contributed by atoms with Crippen LogP contribution in [0.4, 0.5) is 0 Å². The van der Waals surface area contributed by atoms with E-state index in [-0.39, 0.29) is 6.54 Å². The lowest BCUT2D eigenvalue weighted by atomic mass is 9.97. The third-order valence-corrected chi connectivity index (χ3v) is 10.8. The second kappa shape index (κ2) is 27.0. The smallest absolute Gasteiger partial charge is 0.323 e. The first kappa shape index (κ1) is 57.0. The molecule has 3 aliphatic heterocycles. The van der Waals surface area contributed by atoms with E-state index in [0.717, 1.165) is 42.4 Å². The maximum atomic E-state index is 14.0. The van der Waals surface area contributed by atoms with E-state index in [1.807, 2.05) is 0 Å². The molecule has 0 aromatic carbocycles. The standard InChI is InChI=1S/C38H64N6O23/c1-17(48)39-27-33(59)30(56)21(14-45)65-36(27)62-8-5-42(20(4)51)11-24(52)43(6-9-63-37-28(40-18(2)49)34(60)31(57)22(15-46)66-37)12-25(53)44(13-26(54)55)7-10-64-38-29(41-19(3)50)35(61)32(58)23(16-47)67-38/h21-23,27-38,45-47,56-61H,5-16H2,1-4H3,(H,39,48)(H,40,49)(H,41,50)(H,54,55)/t21-,22-,23-,27-,28-,29-,30+,31+,32+,33-,34-,35-,36+,37+,38+/m1/s1. The van der Waals surface area contributed by atoms with Crippen LogP contribution in [0.2, 0.25) is 0 Å². The quantitative estimate of drug-likeness (QED) is 0.0427. The average Bonchev–Trinajstić information content (AvgIpc) is 3.25. The first-order valence-corrected chi connectivity index (χ1v) is 21.1. The number of hydrogen-bond acceptors (Lipinski definition) is 22. The zero-order valence-corrected chi connectivity index (χ0v) is 37.3. The van der Waals surface area contributed by atoms with Gasteiger partial charge in [-0.25, -0.2) is 0 Å². The molecule has 3 saturated heterocycles. The predicted molar refractivity (Wildman–Crippen MR) is 217 cm³/mol. The Labute approximate surface area is 383 Å². The van der Waals surface area contributed by atoms with Crippen molar-refractivity contribution in [2.24, 2.45) is 0 Å². The number of rotatable bonds is 24. The van der Waals surface area contributed by atoms with E-state index in [2.05, 4.69) is 16.0 Å². The summed E-state index contributed by atoms with van der Waals surface area (Å²) in [7, 11) is 0. The van der Waals surface area contributed by atoms with Crippen molar-refractivity contribution in [3.63, 3.8) is 0 Å². The van der Waals surface area contributed by atoms with Gasteiger partial charge in [-0.3, -0.25) is 33.6 Å². The highest BCUT2D eigenvalue weighted by atomic mass is 16.7. The molecule has 384 valence electrons. The zero-order chi connectivity index (χ0) is 50.3. The predicted octanol–water partition coefficient (Wildman–Crippen LogP) is -9.54. The van der Waals surface area contributed by atoms with Gasteiger partial charge in [0.2, 0.25) is 35.4 Å². The summed E-state index contributed by atoms with van der Waals surface area (Å²) in [6.45, 7) is -3.36. The number of carboxylic acids is 1. The molecule has 67 heavy (non-hydrogen) atoms. The van der Waals surface area contributed by atoms with Gasteiger partial charge >= 0.3 is 5.97 Å². The number of carboxylic acid groups (broad SMARTS) is 1. The second-order valence-corrected chi connectivity index (χ2v) is 15.9. The molecule has 29 nitrogen and oxygen atoms in total. The second-order valence-electron chi connectivity index (χ2n) is 15.9. The van der Waals surface area contributed by atoms with Gasteiger partial charge in [0, 0.05) is 47.3 Å². The first-order valence-electron chi connectivity index (χ1n) is 21.1. The number of carbonyl (C=O) groups excluding carboxylic acids is 6. The van der Waals surface area contributed by atoms with Crippen LogP contribution >= 0.6 is 0 Å². The molecule has 3 heterocycles. The Bertz CT molecular complexity index is 1670. The Morgan fingerprint density at radius 1 is 0.463 bits per heavy atom. The summed E-state index contributed by atoms with van der Waals surface area (Å²) >= 11 is 0. The number of aliphatic hydroxyl groups excluding tert-OH is 9. The van der Waals surface area contributed by atoms with Gasteiger partial charge < -0.3 is 110 Å². The molecule has 0 unspecified atom stereocenters. The number of ether oxygens (including phenoxy) is 6. The van der Waals surface area contributed by atoms with Crippen LogP contribution in [0.25, 0.3) is 0 Å². The Morgan fingerprint density at radius 2 is 0.746 bits per heavy atom. The summed E-state index contributed by atoms with van der Waals surface area (Å²) in [6.07, 6.45) is -18.5. The van der Waals surface area contributed by atoms with E-state index in [0.29, 0.717) is 0 Å². The summed E-state index contributed by atoms with van der Waals surface area (Å²) in [5.74, 6) is -6.11. The number of aliphatic carboxylic acids is 1. The van der Waals surface area contributed by atoms with Crippen molar-refractivity contribution in [1.29, 1.82) is 0 Å². The number of carbonyl (C=O) groups is 7. The number of amides is 6. The van der Waals surface area contributed by atoms with Gasteiger partial charge in [0.25, 0.3) is 0 Å². The lowest BCUT2D eigenvalue weighted by Gasteiger charge is -2.42. The molecular formula is C38H64N6O23. The molecule has 15 atom stereocenters. The Hall–Kier alpha value is -4.31. The minimum absolute atomic E-state index is 0.362. The third-order valence-electron chi connectivity index (χ3n) is 10.8. The van der Waals surface area contributed by atoms with Crippen molar-refractivity contribution < 1.29 is 113 Å². The van der Waals surface area contributed by atoms with Gasteiger partial charge in [-0.15, -0.1) is 0 Å². The van der Waals surface area contributed by atoms with Gasteiger partial charge in [-0.2, -0.15) is 0 Å². The molecule has 0 saturated carbocycles. The SMILES string of the molecule is CC(=O)N[C@H]1[C@@H](OCCN(CC(=O)N(CCO[C@H]2O[C@H](CO)[C@H](O)[C@H](O)[C@H]2NC(C)=O)CC(=O)N(CCO[C@H]2O[C@H](CO)[C@H](O)[C@H](O)[C@H]2NC(C)=O)CC(=O)O)C(C)=O)O[C@H](CO)[C@H](O)[C@@H]1O. The van der Waals surface area contributed by atoms with Crippen LogP contribution < -0.4 is 16.0 Å².